The van der Waals surface area contributed by atoms with Gasteiger partial charge in [0.15, 0.2) is 0 Å². The van der Waals surface area contributed by atoms with Crippen LogP contribution in [0.25, 0.3) is 5.82 Å². The first-order valence-electron chi connectivity index (χ1n) is 9.17. The van der Waals surface area contributed by atoms with Gasteiger partial charge in [-0.25, -0.2) is 15.0 Å². The predicted octanol–water partition coefficient (Wildman–Crippen LogP) is 1.94. The highest BCUT2D eigenvalue weighted by Crippen LogP contribution is 2.19. The molecule has 144 valence electrons. The van der Waals surface area contributed by atoms with Gasteiger partial charge in [0.25, 0.3) is 5.91 Å². The number of amides is 1. The Kier molecular flexibility index (Phi) is 4.92. The summed E-state index contributed by atoms with van der Waals surface area (Å²) in [6.07, 6.45) is 5.52. The molecule has 0 saturated carbocycles. The number of aryl methyl sites for hydroxylation is 1. The van der Waals surface area contributed by atoms with E-state index in [1.165, 1.54) is 0 Å². The first-order chi connectivity index (χ1) is 13.6. The lowest BCUT2D eigenvalue weighted by Gasteiger charge is -2.35. The minimum atomic E-state index is -0.00718. The van der Waals surface area contributed by atoms with Crippen LogP contribution in [0, 0.1) is 6.92 Å². The Morgan fingerprint density at radius 1 is 1.04 bits per heavy atom. The van der Waals surface area contributed by atoms with Crippen molar-refractivity contribution in [2.24, 2.45) is 0 Å². The first-order valence-corrected chi connectivity index (χ1v) is 9.17. The summed E-state index contributed by atoms with van der Waals surface area (Å²) in [5, 5.41) is 0. The molecule has 0 radical (unpaired) electrons. The maximum absolute atomic E-state index is 12.8. The fraction of sp³-hybridized carbons (Fsp3) is 0.300. The summed E-state index contributed by atoms with van der Waals surface area (Å²) in [5.74, 6) is 2.89. The van der Waals surface area contributed by atoms with Crippen molar-refractivity contribution >= 4 is 11.7 Å². The van der Waals surface area contributed by atoms with Gasteiger partial charge in [0.2, 0.25) is 5.88 Å². The molecule has 8 heteroatoms. The van der Waals surface area contributed by atoms with Crippen LogP contribution >= 0.6 is 0 Å². The minimum Gasteiger partial charge on any atom is -0.481 e. The maximum atomic E-state index is 12.8. The molecule has 0 spiro atoms. The van der Waals surface area contributed by atoms with E-state index < -0.39 is 0 Å². The summed E-state index contributed by atoms with van der Waals surface area (Å²) >= 11 is 0. The number of piperazine rings is 1. The number of anilines is 1. The molecule has 1 saturated heterocycles. The van der Waals surface area contributed by atoms with Gasteiger partial charge < -0.3 is 19.1 Å². The Morgan fingerprint density at radius 2 is 1.75 bits per heavy atom. The second-order valence-corrected chi connectivity index (χ2v) is 6.59. The van der Waals surface area contributed by atoms with E-state index in [0.717, 1.165) is 30.5 Å². The molecular formula is C20H22N6O2. The minimum absolute atomic E-state index is 0.00718. The highest BCUT2D eigenvalue weighted by atomic mass is 16.5. The van der Waals surface area contributed by atoms with E-state index in [9.17, 15) is 4.79 Å². The molecule has 0 unspecified atom stereocenters. The molecule has 8 nitrogen and oxygen atoms in total. The van der Waals surface area contributed by atoms with Crippen LogP contribution in [0.4, 0.5) is 5.82 Å². The number of pyridine rings is 1. The summed E-state index contributed by atoms with van der Waals surface area (Å²) in [7, 11) is 1.54. The van der Waals surface area contributed by atoms with Crippen molar-refractivity contribution in [3.63, 3.8) is 0 Å². The zero-order valence-electron chi connectivity index (χ0n) is 15.9. The number of rotatable bonds is 4. The van der Waals surface area contributed by atoms with Crippen molar-refractivity contribution < 1.29 is 9.53 Å². The molecule has 0 atom stereocenters. The number of methoxy groups -OCH3 is 1. The average molecular weight is 378 g/mol. The van der Waals surface area contributed by atoms with E-state index in [1.54, 1.807) is 25.4 Å². The van der Waals surface area contributed by atoms with Crippen LogP contribution in [0.5, 0.6) is 5.88 Å². The Balaban J connectivity index is 1.46. The number of aromatic nitrogens is 4. The SMILES string of the molecule is COc1cc(C(=O)N2CCN(c3cc(-n4cccc4)nc(C)n3)CC2)ccn1. The van der Waals surface area contributed by atoms with Crippen molar-refractivity contribution in [3.8, 4) is 11.7 Å². The van der Waals surface area contributed by atoms with Gasteiger partial charge in [-0.15, -0.1) is 0 Å². The van der Waals surface area contributed by atoms with E-state index in [1.807, 2.05) is 47.0 Å². The molecule has 3 aromatic heterocycles. The van der Waals surface area contributed by atoms with Gasteiger partial charge in [-0.05, 0) is 25.1 Å². The number of hydrogen-bond acceptors (Lipinski definition) is 6. The van der Waals surface area contributed by atoms with Gasteiger partial charge in [-0.1, -0.05) is 0 Å². The predicted molar refractivity (Wildman–Crippen MR) is 105 cm³/mol. The van der Waals surface area contributed by atoms with E-state index >= 15 is 0 Å². The third kappa shape index (κ3) is 3.66. The zero-order chi connectivity index (χ0) is 19.5. The first kappa shape index (κ1) is 18.0. The summed E-state index contributed by atoms with van der Waals surface area (Å²) in [4.78, 5) is 30.0. The number of carbonyl (C=O) groups excluding carboxylic acids is 1. The van der Waals surface area contributed by atoms with Gasteiger partial charge in [0.1, 0.15) is 17.5 Å². The average Bonchev–Trinajstić information content (AvgIpc) is 3.28. The molecule has 1 amide bonds. The third-order valence-electron chi connectivity index (χ3n) is 4.76. The van der Waals surface area contributed by atoms with Crippen LogP contribution in [0.1, 0.15) is 16.2 Å². The summed E-state index contributed by atoms with van der Waals surface area (Å²) in [6.45, 7) is 4.59. The lowest BCUT2D eigenvalue weighted by Crippen LogP contribution is -2.49. The van der Waals surface area contributed by atoms with Crippen LogP contribution in [-0.2, 0) is 0 Å². The van der Waals surface area contributed by atoms with Gasteiger partial charge in [-0.2, -0.15) is 0 Å². The number of carbonyl (C=O) groups is 1. The Bertz CT molecular complexity index is 965. The maximum Gasteiger partial charge on any atom is 0.254 e. The van der Waals surface area contributed by atoms with Crippen molar-refractivity contribution in [2.75, 3.05) is 38.2 Å². The lowest BCUT2D eigenvalue weighted by molar-refractivity contribution is 0.0746. The molecule has 4 heterocycles. The molecule has 0 aliphatic carbocycles. The van der Waals surface area contributed by atoms with Crippen LogP contribution in [-0.4, -0.2) is 63.6 Å². The Labute approximate surface area is 163 Å². The molecule has 1 fully saturated rings. The molecule has 4 rings (SSSR count). The lowest BCUT2D eigenvalue weighted by atomic mass is 10.2. The van der Waals surface area contributed by atoms with E-state index in [4.69, 9.17) is 4.74 Å². The molecule has 0 aromatic carbocycles. The topological polar surface area (TPSA) is 76.4 Å². The number of nitrogens with zero attached hydrogens (tertiary/aromatic N) is 6. The second-order valence-electron chi connectivity index (χ2n) is 6.59. The smallest absolute Gasteiger partial charge is 0.254 e. The third-order valence-corrected chi connectivity index (χ3v) is 4.76. The van der Waals surface area contributed by atoms with E-state index in [0.29, 0.717) is 24.5 Å². The molecule has 0 bridgehead atoms. The van der Waals surface area contributed by atoms with Crippen LogP contribution in [0.2, 0.25) is 0 Å². The monoisotopic (exact) mass is 378 g/mol. The van der Waals surface area contributed by atoms with Gasteiger partial charge >= 0.3 is 0 Å². The van der Waals surface area contributed by atoms with Crippen molar-refractivity contribution in [1.82, 2.24) is 24.4 Å². The van der Waals surface area contributed by atoms with Crippen LogP contribution in [0.15, 0.2) is 48.9 Å². The molecule has 28 heavy (non-hydrogen) atoms. The molecule has 1 aliphatic heterocycles. The van der Waals surface area contributed by atoms with E-state index in [2.05, 4.69) is 19.9 Å². The normalized spacial score (nSPS) is 14.2. The second kappa shape index (κ2) is 7.67. The van der Waals surface area contributed by atoms with Crippen LogP contribution < -0.4 is 9.64 Å². The summed E-state index contributed by atoms with van der Waals surface area (Å²) in [6, 6.07) is 9.31. The molecule has 1 aliphatic rings. The van der Waals surface area contributed by atoms with Crippen LogP contribution in [0.3, 0.4) is 0 Å². The fourth-order valence-electron chi connectivity index (χ4n) is 3.29. The highest BCUT2D eigenvalue weighted by molar-refractivity contribution is 5.94. The van der Waals surface area contributed by atoms with E-state index in [-0.39, 0.29) is 5.91 Å². The molecule has 0 N–H and O–H groups in total. The highest BCUT2D eigenvalue weighted by Gasteiger charge is 2.24. The Hall–Kier alpha value is -3.42. The quantitative estimate of drug-likeness (QED) is 0.691. The van der Waals surface area contributed by atoms with Gasteiger partial charge in [-0.3, -0.25) is 4.79 Å². The Morgan fingerprint density at radius 3 is 2.46 bits per heavy atom. The summed E-state index contributed by atoms with van der Waals surface area (Å²) in [5.41, 5.74) is 0.591. The number of hydrogen-bond donors (Lipinski definition) is 0. The van der Waals surface area contributed by atoms with Crippen molar-refractivity contribution in [2.45, 2.75) is 6.92 Å². The fourth-order valence-corrected chi connectivity index (χ4v) is 3.29. The summed E-state index contributed by atoms with van der Waals surface area (Å²) < 4.78 is 7.08. The number of ether oxygens (including phenoxy) is 1. The molecular weight excluding hydrogens is 356 g/mol. The standard InChI is InChI=1S/C20H22N6O2/c1-15-22-17(24-7-3-4-8-24)14-18(23-15)25-9-11-26(12-10-25)20(27)16-5-6-21-19(13-16)28-2/h3-8,13-14H,9-12H2,1-2H3. The van der Waals surface area contributed by atoms with Crippen molar-refractivity contribution in [3.05, 3.63) is 60.3 Å². The van der Waals surface area contributed by atoms with Gasteiger partial charge in [0.05, 0.1) is 7.11 Å². The van der Waals surface area contributed by atoms with Crippen molar-refractivity contribution in [1.29, 1.82) is 0 Å². The zero-order valence-corrected chi connectivity index (χ0v) is 15.9. The largest absolute Gasteiger partial charge is 0.481 e. The molecule has 3 aromatic rings. The van der Waals surface area contributed by atoms with Gasteiger partial charge in [0, 0.05) is 62.5 Å².